The highest BCUT2D eigenvalue weighted by Crippen LogP contribution is 1.86. The Morgan fingerprint density at radius 2 is 1.86 bits per heavy atom. The van der Waals surface area contributed by atoms with Gasteiger partial charge in [-0.15, -0.1) is 23.0 Å². The maximum Gasteiger partial charge on any atom is 0.199 e. The second-order valence-corrected chi connectivity index (χ2v) is 3.46. The summed E-state index contributed by atoms with van der Waals surface area (Å²) in [6.45, 7) is 4.52. The van der Waals surface area contributed by atoms with E-state index in [0.29, 0.717) is 0 Å². The third kappa shape index (κ3) is 10.9. The van der Waals surface area contributed by atoms with E-state index in [1.807, 2.05) is 0 Å². The normalized spacial score (nSPS) is 7.14. The SMILES string of the molecule is CC[CH2][Al][CH2]C.Cl. The van der Waals surface area contributed by atoms with E-state index in [4.69, 9.17) is 0 Å². The highest BCUT2D eigenvalue weighted by Gasteiger charge is 1.80. The largest absolute Gasteiger partial charge is 0.199 e. The molecule has 0 aliphatic rings. The number of halogens is 1. The Kier molecular flexibility index (Phi) is 15.3. The highest BCUT2D eigenvalue weighted by atomic mass is 35.5. The van der Waals surface area contributed by atoms with E-state index in [-0.39, 0.29) is 12.4 Å². The summed E-state index contributed by atoms with van der Waals surface area (Å²) in [5.74, 6) is 0. The van der Waals surface area contributed by atoms with Gasteiger partial charge in [-0.3, -0.25) is 0 Å². The second-order valence-electron chi connectivity index (χ2n) is 1.49. The van der Waals surface area contributed by atoms with Gasteiger partial charge in [0.05, 0.1) is 0 Å². The van der Waals surface area contributed by atoms with Gasteiger partial charge in [0, 0.05) is 0 Å². The minimum atomic E-state index is 0. The second kappa shape index (κ2) is 9.95. The molecule has 0 fully saturated rings. The van der Waals surface area contributed by atoms with Crippen LogP contribution in [-0.2, 0) is 0 Å². The lowest BCUT2D eigenvalue weighted by Gasteiger charge is -1.82. The molecule has 0 aromatic carbocycles. The van der Waals surface area contributed by atoms with Crippen LogP contribution in [0.15, 0.2) is 0 Å². The standard InChI is InChI=1S/C3H7.C2H5.Al.ClH/c1-3-2;1-2;;/h1,3H2,2H3;1H2,2H3;;1H. The molecule has 0 nitrogen and oxygen atoms in total. The zero-order valence-electron chi connectivity index (χ0n) is 5.11. The molecule has 1 radical (unpaired) electrons. The van der Waals surface area contributed by atoms with E-state index in [1.165, 1.54) is 17.0 Å². The Hall–Kier alpha value is 0.822. The summed E-state index contributed by atoms with van der Waals surface area (Å²) in [7, 11) is 0. The van der Waals surface area contributed by atoms with Gasteiger partial charge in [-0.1, -0.05) is 20.3 Å². The van der Waals surface area contributed by atoms with Gasteiger partial charge in [0.15, 0.2) is 15.2 Å². The lowest BCUT2D eigenvalue weighted by Crippen LogP contribution is -1.80. The van der Waals surface area contributed by atoms with Gasteiger partial charge in [0.1, 0.15) is 0 Å². The van der Waals surface area contributed by atoms with Crippen molar-refractivity contribution in [3.05, 3.63) is 0 Å². The summed E-state index contributed by atoms with van der Waals surface area (Å²) in [5, 5.41) is 2.93. The van der Waals surface area contributed by atoms with Crippen molar-refractivity contribution < 1.29 is 0 Å². The molecule has 0 bridgehead atoms. The predicted octanol–water partition coefficient (Wildman–Crippen LogP) is 2.38. The Balaban J connectivity index is 0. The van der Waals surface area contributed by atoms with E-state index in [1.54, 1.807) is 0 Å². The predicted molar refractivity (Wildman–Crippen MR) is 38.6 cm³/mol. The summed E-state index contributed by atoms with van der Waals surface area (Å²) >= 11 is 0.818. The summed E-state index contributed by atoms with van der Waals surface area (Å²) in [6, 6.07) is 0. The zero-order valence-corrected chi connectivity index (χ0v) is 7.08. The minimum Gasteiger partial charge on any atom is -0.147 e. The molecule has 0 aliphatic heterocycles. The number of hydrogen-bond donors (Lipinski definition) is 0. The van der Waals surface area contributed by atoms with Crippen LogP contribution in [0.1, 0.15) is 20.3 Å². The quantitative estimate of drug-likeness (QED) is 0.412. The van der Waals surface area contributed by atoms with Crippen molar-refractivity contribution in [2.24, 2.45) is 0 Å². The monoisotopic (exact) mass is 135 g/mol. The molecule has 0 unspecified atom stereocenters. The Morgan fingerprint density at radius 1 is 1.29 bits per heavy atom. The first-order valence-corrected chi connectivity index (χ1v) is 4.36. The Morgan fingerprint density at radius 3 is 2.00 bits per heavy atom. The van der Waals surface area contributed by atoms with Gasteiger partial charge in [-0.2, -0.15) is 0 Å². The lowest BCUT2D eigenvalue weighted by atomic mass is 10.6. The highest BCUT2D eigenvalue weighted by molar-refractivity contribution is 6.35. The molecule has 0 aromatic rings. The van der Waals surface area contributed by atoms with E-state index >= 15 is 0 Å². The molecule has 0 heterocycles. The Bertz CT molecular complexity index is 20.0. The van der Waals surface area contributed by atoms with Crippen LogP contribution in [0.2, 0.25) is 10.6 Å². The average Bonchev–Trinajstić information content (AvgIpc) is 1.61. The molecule has 7 heavy (non-hydrogen) atoms. The van der Waals surface area contributed by atoms with Crippen molar-refractivity contribution in [2.75, 3.05) is 0 Å². The molecule has 0 aliphatic carbocycles. The summed E-state index contributed by atoms with van der Waals surface area (Å²) < 4.78 is 0. The van der Waals surface area contributed by atoms with Gasteiger partial charge in [-0.25, -0.2) is 0 Å². The third-order valence-electron chi connectivity index (χ3n) is 0.781. The summed E-state index contributed by atoms with van der Waals surface area (Å²) in [6.07, 6.45) is 1.39. The van der Waals surface area contributed by atoms with Gasteiger partial charge < -0.3 is 0 Å². The van der Waals surface area contributed by atoms with Gasteiger partial charge in [0.2, 0.25) is 0 Å². The van der Waals surface area contributed by atoms with E-state index in [0.717, 1.165) is 15.2 Å². The van der Waals surface area contributed by atoms with Gasteiger partial charge in [-0.05, 0) is 0 Å². The maximum absolute atomic E-state index is 2.27. The van der Waals surface area contributed by atoms with Crippen molar-refractivity contribution in [3.63, 3.8) is 0 Å². The third-order valence-corrected chi connectivity index (χ3v) is 2.34. The summed E-state index contributed by atoms with van der Waals surface area (Å²) in [4.78, 5) is 0. The number of hydrogen-bond acceptors (Lipinski definition) is 0. The van der Waals surface area contributed by atoms with Crippen LogP contribution in [0.4, 0.5) is 0 Å². The molecule has 0 rings (SSSR count). The van der Waals surface area contributed by atoms with Crippen LogP contribution >= 0.6 is 12.4 Å². The summed E-state index contributed by atoms with van der Waals surface area (Å²) in [5.41, 5.74) is 0. The molecule has 0 amide bonds. The van der Waals surface area contributed by atoms with Crippen LogP contribution < -0.4 is 0 Å². The molecule has 2 heteroatoms. The first kappa shape index (κ1) is 10.7. The lowest BCUT2D eigenvalue weighted by molar-refractivity contribution is 1.07. The van der Waals surface area contributed by atoms with Gasteiger partial charge in [0.25, 0.3) is 0 Å². The van der Waals surface area contributed by atoms with Crippen molar-refractivity contribution in [1.82, 2.24) is 0 Å². The van der Waals surface area contributed by atoms with Crippen LogP contribution in [0.5, 0.6) is 0 Å². The van der Waals surface area contributed by atoms with Crippen LogP contribution in [0, 0.1) is 0 Å². The first-order valence-electron chi connectivity index (χ1n) is 2.73. The molecule has 43 valence electrons. The fraction of sp³-hybridized carbons (Fsp3) is 1.00. The molecule has 0 N–H and O–H groups in total. The van der Waals surface area contributed by atoms with Crippen molar-refractivity contribution in [1.29, 1.82) is 0 Å². The van der Waals surface area contributed by atoms with Crippen molar-refractivity contribution in [3.8, 4) is 0 Å². The molecule has 0 spiro atoms. The minimum absolute atomic E-state index is 0. The Labute approximate surface area is 58.8 Å². The molecule has 0 saturated heterocycles. The van der Waals surface area contributed by atoms with Crippen LogP contribution in [0.3, 0.4) is 0 Å². The smallest absolute Gasteiger partial charge is 0.147 e. The fourth-order valence-corrected chi connectivity index (χ4v) is 1.22. The first-order chi connectivity index (χ1) is 2.91. The van der Waals surface area contributed by atoms with Crippen molar-refractivity contribution >= 4 is 27.6 Å². The van der Waals surface area contributed by atoms with E-state index < -0.39 is 0 Å². The van der Waals surface area contributed by atoms with Gasteiger partial charge >= 0.3 is 0 Å². The number of rotatable bonds is 3. The maximum atomic E-state index is 2.27. The molecule has 0 aromatic heterocycles. The average molecular weight is 136 g/mol. The topological polar surface area (TPSA) is 0 Å². The van der Waals surface area contributed by atoms with Crippen LogP contribution in [-0.4, -0.2) is 15.2 Å². The van der Waals surface area contributed by atoms with Crippen molar-refractivity contribution in [2.45, 2.75) is 30.8 Å². The fourth-order valence-electron chi connectivity index (χ4n) is 0.408. The van der Waals surface area contributed by atoms with E-state index in [9.17, 15) is 0 Å². The van der Waals surface area contributed by atoms with E-state index in [2.05, 4.69) is 13.8 Å². The molecule has 0 atom stereocenters. The molecular weight excluding hydrogens is 122 g/mol. The molecular formula is C5H13AlCl. The molecule has 0 saturated carbocycles. The van der Waals surface area contributed by atoms with Crippen LogP contribution in [0.25, 0.3) is 0 Å². The zero-order chi connectivity index (χ0) is 4.83.